The molecular formula is C18H17FN4OS. The molecule has 1 aromatic heterocycles. The lowest BCUT2D eigenvalue weighted by Crippen LogP contribution is -2.28. The molecule has 0 spiro atoms. The summed E-state index contributed by atoms with van der Waals surface area (Å²) in [5.74, 6) is 0.449. The topological polar surface area (TPSA) is 70.7 Å². The molecule has 0 bridgehead atoms. The van der Waals surface area contributed by atoms with E-state index < -0.39 is 0 Å². The van der Waals surface area contributed by atoms with Crippen molar-refractivity contribution in [1.82, 2.24) is 20.5 Å². The van der Waals surface area contributed by atoms with Crippen LogP contribution in [0.15, 0.2) is 59.8 Å². The fourth-order valence-corrected chi connectivity index (χ4v) is 2.89. The number of halogens is 1. The zero-order valence-corrected chi connectivity index (χ0v) is 14.4. The summed E-state index contributed by atoms with van der Waals surface area (Å²) >= 11 is 1.26. The number of nitrogens with one attached hydrogen (secondary N) is 2. The van der Waals surface area contributed by atoms with Crippen LogP contribution in [0.5, 0.6) is 0 Å². The minimum atomic E-state index is -0.295. The SMILES string of the molecule is C[C@@H](NC(=O)CSc1n[nH]c(-c2ccccc2)n1)c1ccc(F)cc1. The van der Waals surface area contributed by atoms with E-state index in [-0.39, 0.29) is 23.5 Å². The summed E-state index contributed by atoms with van der Waals surface area (Å²) in [5.41, 5.74) is 1.79. The van der Waals surface area contributed by atoms with E-state index in [1.807, 2.05) is 37.3 Å². The Labute approximate surface area is 149 Å². The van der Waals surface area contributed by atoms with Gasteiger partial charge >= 0.3 is 0 Å². The lowest BCUT2D eigenvalue weighted by Gasteiger charge is -2.13. The number of carbonyl (C=O) groups excluding carboxylic acids is 1. The van der Waals surface area contributed by atoms with E-state index in [4.69, 9.17) is 0 Å². The van der Waals surface area contributed by atoms with Gasteiger partial charge in [0.15, 0.2) is 5.82 Å². The minimum absolute atomic E-state index is 0.132. The second-order valence-corrected chi connectivity index (χ2v) is 6.40. The van der Waals surface area contributed by atoms with Crippen LogP contribution in [0.4, 0.5) is 4.39 Å². The number of hydrogen-bond donors (Lipinski definition) is 2. The summed E-state index contributed by atoms with van der Waals surface area (Å²) in [6, 6.07) is 15.5. The van der Waals surface area contributed by atoms with Gasteiger partial charge < -0.3 is 5.32 Å². The van der Waals surface area contributed by atoms with Crippen molar-refractivity contribution in [2.24, 2.45) is 0 Å². The highest BCUT2D eigenvalue weighted by Crippen LogP contribution is 2.19. The van der Waals surface area contributed by atoms with Gasteiger partial charge in [-0.05, 0) is 24.6 Å². The smallest absolute Gasteiger partial charge is 0.230 e. The van der Waals surface area contributed by atoms with Crippen molar-refractivity contribution in [2.75, 3.05) is 5.75 Å². The summed E-state index contributed by atoms with van der Waals surface area (Å²) in [7, 11) is 0. The molecule has 1 atom stereocenters. The van der Waals surface area contributed by atoms with Gasteiger partial charge in [0, 0.05) is 5.56 Å². The van der Waals surface area contributed by atoms with Crippen molar-refractivity contribution < 1.29 is 9.18 Å². The second kappa shape index (κ2) is 7.94. The standard InChI is InChI=1S/C18H17FN4OS/c1-12(13-7-9-15(19)10-8-13)20-16(24)11-25-18-21-17(22-23-18)14-5-3-2-4-6-14/h2-10,12H,11H2,1H3,(H,20,24)(H,21,22,23)/t12-/m1/s1. The lowest BCUT2D eigenvalue weighted by atomic mass is 10.1. The van der Waals surface area contributed by atoms with Gasteiger partial charge in [-0.3, -0.25) is 9.89 Å². The maximum absolute atomic E-state index is 12.9. The monoisotopic (exact) mass is 356 g/mol. The number of carbonyl (C=O) groups is 1. The van der Waals surface area contributed by atoms with Crippen LogP contribution in [0.2, 0.25) is 0 Å². The van der Waals surface area contributed by atoms with E-state index in [1.165, 1.54) is 23.9 Å². The molecule has 3 aromatic rings. The van der Waals surface area contributed by atoms with Gasteiger partial charge in [0.2, 0.25) is 11.1 Å². The Bertz CT molecular complexity index is 836. The van der Waals surface area contributed by atoms with E-state index in [9.17, 15) is 9.18 Å². The Morgan fingerprint density at radius 1 is 1.20 bits per heavy atom. The highest BCUT2D eigenvalue weighted by atomic mass is 32.2. The third-order valence-corrected chi connectivity index (χ3v) is 4.44. The summed E-state index contributed by atoms with van der Waals surface area (Å²) in [4.78, 5) is 16.4. The van der Waals surface area contributed by atoms with Crippen LogP contribution >= 0.6 is 11.8 Å². The van der Waals surface area contributed by atoms with Gasteiger partial charge in [0.25, 0.3) is 0 Å². The third kappa shape index (κ3) is 4.67. The molecule has 1 heterocycles. The molecule has 0 aliphatic carbocycles. The van der Waals surface area contributed by atoms with E-state index in [0.29, 0.717) is 11.0 Å². The Morgan fingerprint density at radius 3 is 2.64 bits per heavy atom. The first-order valence-electron chi connectivity index (χ1n) is 7.77. The Balaban J connectivity index is 1.52. The second-order valence-electron chi connectivity index (χ2n) is 5.46. The maximum atomic E-state index is 12.9. The number of nitrogens with zero attached hydrogens (tertiary/aromatic N) is 2. The Morgan fingerprint density at radius 2 is 1.92 bits per heavy atom. The van der Waals surface area contributed by atoms with Crippen molar-refractivity contribution in [3.63, 3.8) is 0 Å². The molecule has 0 fully saturated rings. The first-order chi connectivity index (χ1) is 12.1. The molecule has 1 amide bonds. The van der Waals surface area contributed by atoms with Gasteiger partial charge in [-0.2, -0.15) is 0 Å². The van der Waals surface area contributed by atoms with Crippen molar-refractivity contribution in [3.05, 3.63) is 66.0 Å². The molecule has 0 saturated heterocycles. The fourth-order valence-electron chi connectivity index (χ4n) is 2.28. The van der Waals surface area contributed by atoms with Crippen LogP contribution < -0.4 is 5.32 Å². The van der Waals surface area contributed by atoms with E-state index in [2.05, 4.69) is 20.5 Å². The zero-order valence-electron chi connectivity index (χ0n) is 13.6. The van der Waals surface area contributed by atoms with Gasteiger partial charge in [0.1, 0.15) is 5.82 Å². The summed E-state index contributed by atoms with van der Waals surface area (Å²) in [6.07, 6.45) is 0. The number of H-pyrrole nitrogens is 1. The molecule has 2 aromatic carbocycles. The van der Waals surface area contributed by atoms with Crippen LogP contribution in [0, 0.1) is 5.82 Å². The average Bonchev–Trinajstić information content (AvgIpc) is 3.10. The molecule has 5 nitrogen and oxygen atoms in total. The fraction of sp³-hybridized carbons (Fsp3) is 0.167. The van der Waals surface area contributed by atoms with Gasteiger partial charge in [-0.1, -0.05) is 54.2 Å². The van der Waals surface area contributed by atoms with E-state index >= 15 is 0 Å². The molecule has 3 rings (SSSR count). The Hall–Kier alpha value is -2.67. The number of amides is 1. The summed E-state index contributed by atoms with van der Waals surface area (Å²) in [6.45, 7) is 1.86. The van der Waals surface area contributed by atoms with Crippen LogP contribution in [-0.2, 0) is 4.79 Å². The highest BCUT2D eigenvalue weighted by molar-refractivity contribution is 7.99. The van der Waals surface area contributed by atoms with Gasteiger partial charge in [-0.15, -0.1) is 5.10 Å². The lowest BCUT2D eigenvalue weighted by molar-refractivity contribution is -0.119. The van der Waals surface area contributed by atoms with Crippen LogP contribution in [0.1, 0.15) is 18.5 Å². The minimum Gasteiger partial charge on any atom is -0.349 e. The predicted octanol–water partition coefficient (Wildman–Crippen LogP) is 3.58. The molecule has 0 aliphatic rings. The normalized spacial score (nSPS) is 11.9. The molecule has 25 heavy (non-hydrogen) atoms. The van der Waals surface area contributed by atoms with Crippen molar-refractivity contribution in [1.29, 1.82) is 0 Å². The summed E-state index contributed by atoms with van der Waals surface area (Å²) < 4.78 is 12.9. The van der Waals surface area contributed by atoms with Gasteiger partial charge in [0.05, 0.1) is 11.8 Å². The molecule has 0 aliphatic heterocycles. The molecule has 0 saturated carbocycles. The number of thioether (sulfide) groups is 1. The zero-order chi connectivity index (χ0) is 17.6. The maximum Gasteiger partial charge on any atom is 0.230 e. The van der Waals surface area contributed by atoms with Crippen LogP contribution in [-0.4, -0.2) is 26.8 Å². The number of aromatic amines is 1. The van der Waals surface area contributed by atoms with Crippen molar-refractivity contribution >= 4 is 17.7 Å². The predicted molar refractivity (Wildman–Crippen MR) is 95.5 cm³/mol. The number of benzene rings is 2. The molecular weight excluding hydrogens is 339 g/mol. The number of rotatable bonds is 6. The molecule has 128 valence electrons. The number of hydrogen-bond acceptors (Lipinski definition) is 4. The quantitative estimate of drug-likeness (QED) is 0.662. The molecule has 2 N–H and O–H groups in total. The third-order valence-electron chi connectivity index (χ3n) is 3.59. The van der Waals surface area contributed by atoms with Gasteiger partial charge in [-0.25, -0.2) is 9.37 Å². The summed E-state index contributed by atoms with van der Waals surface area (Å²) in [5, 5.41) is 10.4. The van der Waals surface area contributed by atoms with E-state index in [1.54, 1.807) is 12.1 Å². The van der Waals surface area contributed by atoms with Crippen LogP contribution in [0.3, 0.4) is 0 Å². The Kier molecular flexibility index (Phi) is 5.45. The highest BCUT2D eigenvalue weighted by Gasteiger charge is 2.12. The molecule has 0 unspecified atom stereocenters. The van der Waals surface area contributed by atoms with Crippen molar-refractivity contribution in [2.45, 2.75) is 18.1 Å². The average molecular weight is 356 g/mol. The number of aromatic nitrogens is 3. The first kappa shape index (κ1) is 17.2. The largest absolute Gasteiger partial charge is 0.349 e. The first-order valence-corrected chi connectivity index (χ1v) is 8.76. The molecule has 7 heteroatoms. The van der Waals surface area contributed by atoms with Crippen molar-refractivity contribution in [3.8, 4) is 11.4 Å². The molecule has 0 radical (unpaired) electrons. The van der Waals surface area contributed by atoms with E-state index in [0.717, 1.165) is 11.1 Å². The van der Waals surface area contributed by atoms with Crippen LogP contribution in [0.25, 0.3) is 11.4 Å².